The van der Waals surface area contributed by atoms with Crippen molar-refractivity contribution in [3.05, 3.63) is 64.7 Å². The van der Waals surface area contributed by atoms with Crippen LogP contribution in [0.1, 0.15) is 36.9 Å². The van der Waals surface area contributed by atoms with Gasteiger partial charge in [-0.1, -0.05) is 41.4 Å². The number of esters is 1. The number of Topliss-reactive ketones (excluding diaryl/α,β-unsaturated/α-hetero) is 1. The van der Waals surface area contributed by atoms with Gasteiger partial charge in [-0.05, 0) is 43.7 Å². The highest BCUT2D eigenvalue weighted by atomic mass is 35.5. The number of hydrogen-bond donors (Lipinski definition) is 1. The van der Waals surface area contributed by atoms with E-state index in [9.17, 15) is 18.0 Å². The maximum atomic E-state index is 12.8. The van der Waals surface area contributed by atoms with E-state index < -0.39 is 34.2 Å². The van der Waals surface area contributed by atoms with Crippen LogP contribution < -0.4 is 4.72 Å². The highest BCUT2D eigenvalue weighted by molar-refractivity contribution is 7.89. The Morgan fingerprint density at radius 2 is 1.68 bits per heavy atom. The van der Waals surface area contributed by atoms with E-state index in [4.69, 9.17) is 16.3 Å². The van der Waals surface area contributed by atoms with Gasteiger partial charge in [0.15, 0.2) is 0 Å². The zero-order chi connectivity index (χ0) is 20.7. The molecule has 0 aliphatic carbocycles. The smallest absolute Gasteiger partial charge is 0.313 e. The summed E-state index contributed by atoms with van der Waals surface area (Å²) < 4.78 is 32.9. The zero-order valence-electron chi connectivity index (χ0n) is 15.6. The molecular weight excluding hydrogens is 402 g/mol. The second-order valence-corrected chi connectivity index (χ2v) is 8.41. The van der Waals surface area contributed by atoms with Crippen LogP contribution in [0.2, 0.25) is 5.02 Å². The van der Waals surface area contributed by atoms with Crippen LogP contribution in [0.5, 0.6) is 0 Å². The summed E-state index contributed by atoms with van der Waals surface area (Å²) >= 11 is 5.90. The quantitative estimate of drug-likeness (QED) is 0.491. The molecule has 150 valence electrons. The molecule has 2 aromatic carbocycles. The van der Waals surface area contributed by atoms with E-state index in [0.717, 1.165) is 5.56 Å². The molecule has 8 heteroatoms. The highest BCUT2D eigenvalue weighted by Gasteiger charge is 2.25. The van der Waals surface area contributed by atoms with Crippen LogP contribution in [0.3, 0.4) is 0 Å². The molecule has 0 spiro atoms. The van der Waals surface area contributed by atoms with Crippen molar-refractivity contribution in [2.45, 2.75) is 37.6 Å². The van der Waals surface area contributed by atoms with Gasteiger partial charge in [0.2, 0.25) is 10.0 Å². The second-order valence-electron chi connectivity index (χ2n) is 6.26. The first-order valence-corrected chi connectivity index (χ1v) is 10.6. The summed E-state index contributed by atoms with van der Waals surface area (Å²) in [7, 11) is -3.87. The molecule has 0 saturated heterocycles. The lowest BCUT2D eigenvalue weighted by atomic mass is 10.0. The van der Waals surface area contributed by atoms with E-state index >= 15 is 0 Å². The Balaban J connectivity index is 2.25. The third-order valence-corrected chi connectivity index (χ3v) is 5.72. The van der Waals surface area contributed by atoms with Gasteiger partial charge in [-0.15, -0.1) is 0 Å². The first-order valence-electron chi connectivity index (χ1n) is 8.73. The molecule has 28 heavy (non-hydrogen) atoms. The number of ketones is 1. The minimum absolute atomic E-state index is 0.0925. The molecule has 0 radical (unpaired) electrons. The SMILES string of the molecule is CCOC(=O)CC(=O)CC(NS(=O)(=O)c1ccc(C)cc1)c1ccc(Cl)cc1. The third-order valence-electron chi connectivity index (χ3n) is 3.98. The van der Waals surface area contributed by atoms with E-state index in [0.29, 0.717) is 10.6 Å². The van der Waals surface area contributed by atoms with Crippen LogP contribution in [-0.2, 0) is 24.3 Å². The van der Waals surface area contributed by atoms with Crippen molar-refractivity contribution in [2.24, 2.45) is 0 Å². The lowest BCUT2D eigenvalue weighted by Crippen LogP contribution is -2.30. The predicted molar refractivity (Wildman–Crippen MR) is 107 cm³/mol. The van der Waals surface area contributed by atoms with Crippen LogP contribution in [0.15, 0.2) is 53.4 Å². The molecule has 6 nitrogen and oxygen atoms in total. The van der Waals surface area contributed by atoms with Crippen molar-refractivity contribution in [3.8, 4) is 0 Å². The summed E-state index contributed by atoms with van der Waals surface area (Å²) in [5, 5.41) is 0.488. The molecule has 0 saturated carbocycles. The number of carbonyl (C=O) groups is 2. The summed E-state index contributed by atoms with van der Waals surface area (Å²) in [6, 6.07) is 12.0. The predicted octanol–water partition coefficient (Wildman–Crippen LogP) is 3.58. The number of ether oxygens (including phenoxy) is 1. The zero-order valence-corrected chi connectivity index (χ0v) is 17.2. The van der Waals surface area contributed by atoms with Gasteiger partial charge in [-0.2, -0.15) is 0 Å². The molecule has 0 aromatic heterocycles. The monoisotopic (exact) mass is 423 g/mol. The van der Waals surface area contributed by atoms with Crippen molar-refractivity contribution in [1.82, 2.24) is 4.72 Å². The van der Waals surface area contributed by atoms with Gasteiger partial charge in [0.05, 0.1) is 17.5 Å². The average molecular weight is 424 g/mol. The normalized spacial score (nSPS) is 12.4. The first-order chi connectivity index (χ1) is 13.2. The molecule has 0 aliphatic rings. The van der Waals surface area contributed by atoms with E-state index in [-0.39, 0.29) is 17.9 Å². The Labute approximate surface area is 169 Å². The Morgan fingerprint density at radius 1 is 1.07 bits per heavy atom. The Hall–Kier alpha value is -2.22. The van der Waals surface area contributed by atoms with Crippen LogP contribution >= 0.6 is 11.6 Å². The molecule has 0 aliphatic heterocycles. The van der Waals surface area contributed by atoms with Gasteiger partial charge >= 0.3 is 5.97 Å². The summed E-state index contributed by atoms with van der Waals surface area (Å²) in [6.45, 7) is 3.68. The molecule has 1 N–H and O–H groups in total. The van der Waals surface area contributed by atoms with Crippen LogP contribution in [-0.4, -0.2) is 26.8 Å². The maximum absolute atomic E-state index is 12.8. The van der Waals surface area contributed by atoms with Gasteiger partial charge in [-0.25, -0.2) is 13.1 Å². The molecule has 0 amide bonds. The number of hydrogen-bond acceptors (Lipinski definition) is 5. The van der Waals surface area contributed by atoms with E-state index in [1.165, 1.54) is 12.1 Å². The third kappa shape index (κ3) is 6.44. The Kier molecular flexibility index (Phi) is 7.74. The van der Waals surface area contributed by atoms with Crippen molar-refractivity contribution in [2.75, 3.05) is 6.61 Å². The highest BCUT2D eigenvalue weighted by Crippen LogP contribution is 2.23. The summed E-state index contributed by atoms with van der Waals surface area (Å²) in [5.41, 5.74) is 1.50. The molecule has 2 aromatic rings. The molecular formula is C20H22ClNO5S. The number of aryl methyl sites for hydroxylation is 1. The molecule has 0 heterocycles. The summed E-state index contributed by atoms with van der Waals surface area (Å²) in [6.07, 6.45) is -0.601. The number of sulfonamides is 1. The number of carbonyl (C=O) groups excluding carboxylic acids is 2. The Bertz CT molecular complexity index is 924. The van der Waals surface area contributed by atoms with Crippen LogP contribution in [0.4, 0.5) is 0 Å². The summed E-state index contributed by atoms with van der Waals surface area (Å²) in [4.78, 5) is 23.9. The molecule has 1 unspecified atom stereocenters. The number of rotatable bonds is 9. The fraction of sp³-hybridized carbons (Fsp3) is 0.300. The number of nitrogens with one attached hydrogen (secondary N) is 1. The number of benzene rings is 2. The van der Waals surface area contributed by atoms with Crippen LogP contribution in [0.25, 0.3) is 0 Å². The maximum Gasteiger partial charge on any atom is 0.313 e. The van der Waals surface area contributed by atoms with Crippen molar-refractivity contribution in [1.29, 1.82) is 0 Å². The van der Waals surface area contributed by atoms with E-state index in [2.05, 4.69) is 4.72 Å². The van der Waals surface area contributed by atoms with Crippen LogP contribution in [0, 0.1) is 6.92 Å². The van der Waals surface area contributed by atoms with E-state index in [1.807, 2.05) is 6.92 Å². The van der Waals surface area contributed by atoms with Gasteiger partial charge in [0.1, 0.15) is 12.2 Å². The molecule has 2 rings (SSSR count). The van der Waals surface area contributed by atoms with E-state index in [1.54, 1.807) is 43.3 Å². The van der Waals surface area contributed by atoms with Gasteiger partial charge in [0.25, 0.3) is 0 Å². The largest absolute Gasteiger partial charge is 0.466 e. The van der Waals surface area contributed by atoms with Gasteiger partial charge < -0.3 is 4.74 Å². The fourth-order valence-corrected chi connectivity index (χ4v) is 3.92. The molecule has 0 bridgehead atoms. The number of halogens is 1. The fourth-order valence-electron chi connectivity index (χ4n) is 2.57. The lowest BCUT2D eigenvalue weighted by Gasteiger charge is -2.19. The average Bonchev–Trinajstić information content (AvgIpc) is 2.62. The molecule has 1 atom stereocenters. The second kappa shape index (κ2) is 9.82. The Morgan fingerprint density at radius 3 is 2.25 bits per heavy atom. The standard InChI is InChI=1S/C20H22ClNO5S/c1-3-27-20(24)13-17(23)12-19(15-6-8-16(21)9-7-15)22-28(25,26)18-10-4-14(2)5-11-18/h4-11,19,22H,3,12-13H2,1-2H3. The van der Waals surface area contributed by atoms with Gasteiger partial charge in [0, 0.05) is 11.4 Å². The van der Waals surface area contributed by atoms with Crippen molar-refractivity contribution >= 4 is 33.4 Å². The van der Waals surface area contributed by atoms with Gasteiger partial charge in [-0.3, -0.25) is 9.59 Å². The van der Waals surface area contributed by atoms with Crippen molar-refractivity contribution in [3.63, 3.8) is 0 Å². The van der Waals surface area contributed by atoms with Crippen molar-refractivity contribution < 1.29 is 22.7 Å². The topological polar surface area (TPSA) is 89.5 Å². The first kappa shape index (κ1) is 22.1. The minimum atomic E-state index is -3.87. The summed E-state index contributed by atoms with van der Waals surface area (Å²) in [5.74, 6) is -1.06. The molecule has 0 fully saturated rings. The lowest BCUT2D eigenvalue weighted by molar-refractivity contribution is -0.145. The minimum Gasteiger partial charge on any atom is -0.466 e.